The zero-order valence-corrected chi connectivity index (χ0v) is 10.4. The summed E-state index contributed by atoms with van der Waals surface area (Å²) in [5.74, 6) is -0.138. The van der Waals surface area contributed by atoms with Crippen molar-refractivity contribution in [1.82, 2.24) is 19.9 Å². The molecule has 1 aromatic rings. The number of hydrogen-bond acceptors (Lipinski definition) is 5. The average molecular weight is 241 g/mol. The van der Waals surface area contributed by atoms with E-state index in [1.165, 1.54) is 9.58 Å². The molecule has 3 N–H and O–H groups in total. The number of amides is 1. The maximum absolute atomic E-state index is 11.8. The van der Waals surface area contributed by atoms with Crippen molar-refractivity contribution in [1.29, 1.82) is 0 Å². The van der Waals surface area contributed by atoms with E-state index in [1.54, 1.807) is 27.1 Å². The molecular weight excluding hydrogens is 222 g/mol. The number of nitrogens with zero attached hydrogens (tertiary/aromatic N) is 4. The molecule has 1 rings (SSSR count). The van der Waals surface area contributed by atoms with Gasteiger partial charge >= 0.3 is 0 Å². The van der Waals surface area contributed by atoms with Crippen molar-refractivity contribution in [3.8, 4) is 0 Å². The number of likely N-dealkylation sites (N-methyl/N-ethyl adjacent to an activating group) is 1. The lowest BCUT2D eigenvalue weighted by Gasteiger charge is -2.25. The third-order valence-electron chi connectivity index (χ3n) is 2.14. The monoisotopic (exact) mass is 241 g/mol. The average Bonchev–Trinajstić information content (AvgIpc) is 2.62. The number of aliphatic hydroxyl groups is 1. The van der Waals surface area contributed by atoms with Crippen LogP contribution in [0.15, 0.2) is 6.20 Å². The molecular formula is C10H19N5O2. The first kappa shape index (κ1) is 13.6. The van der Waals surface area contributed by atoms with Gasteiger partial charge in [-0.3, -0.25) is 4.79 Å². The summed E-state index contributed by atoms with van der Waals surface area (Å²) in [5.41, 5.74) is 5.13. The normalized spacial score (nSPS) is 11.6. The molecule has 1 amide bonds. The minimum atomic E-state index is -0.908. The van der Waals surface area contributed by atoms with Gasteiger partial charge in [0.2, 0.25) is 5.91 Å². The highest BCUT2D eigenvalue weighted by atomic mass is 16.3. The summed E-state index contributed by atoms with van der Waals surface area (Å²) in [6.45, 7) is 3.97. The van der Waals surface area contributed by atoms with Crippen LogP contribution < -0.4 is 5.73 Å². The number of aromatic nitrogens is 3. The van der Waals surface area contributed by atoms with E-state index in [0.717, 1.165) is 0 Å². The lowest BCUT2D eigenvalue weighted by molar-refractivity contribution is -0.133. The Morgan fingerprint density at radius 3 is 2.76 bits per heavy atom. The molecule has 0 saturated carbocycles. The summed E-state index contributed by atoms with van der Waals surface area (Å²) in [5, 5.41) is 17.2. The molecule has 0 atom stereocenters. The quantitative estimate of drug-likeness (QED) is 0.686. The fourth-order valence-electron chi connectivity index (χ4n) is 1.44. The van der Waals surface area contributed by atoms with Gasteiger partial charge in [-0.05, 0) is 13.8 Å². The molecule has 0 spiro atoms. The zero-order valence-electron chi connectivity index (χ0n) is 10.4. The molecule has 0 bridgehead atoms. The summed E-state index contributed by atoms with van der Waals surface area (Å²) >= 11 is 0. The second-order valence-electron chi connectivity index (χ2n) is 4.67. The highest BCUT2D eigenvalue weighted by Gasteiger charge is 2.19. The van der Waals surface area contributed by atoms with E-state index in [1.807, 2.05) is 0 Å². The zero-order chi connectivity index (χ0) is 13.1. The highest BCUT2D eigenvalue weighted by molar-refractivity contribution is 5.75. The largest absolute Gasteiger partial charge is 0.389 e. The first-order chi connectivity index (χ1) is 7.81. The van der Waals surface area contributed by atoms with Crippen molar-refractivity contribution in [2.45, 2.75) is 32.5 Å². The molecule has 0 saturated heterocycles. The SMILES string of the molecule is CN(CC(C)(C)O)C(=O)Cn1cc(CN)nn1. The fraction of sp³-hybridized carbons (Fsp3) is 0.700. The van der Waals surface area contributed by atoms with Gasteiger partial charge in [-0.15, -0.1) is 5.10 Å². The Bertz CT molecular complexity index is 382. The number of hydrogen-bond donors (Lipinski definition) is 2. The second-order valence-corrected chi connectivity index (χ2v) is 4.67. The maximum atomic E-state index is 11.8. The molecule has 96 valence electrons. The minimum Gasteiger partial charge on any atom is -0.389 e. The van der Waals surface area contributed by atoms with Crippen molar-refractivity contribution in [3.05, 3.63) is 11.9 Å². The van der Waals surface area contributed by atoms with Crippen molar-refractivity contribution < 1.29 is 9.90 Å². The summed E-state index contributed by atoms with van der Waals surface area (Å²) in [7, 11) is 1.64. The van der Waals surface area contributed by atoms with Gasteiger partial charge in [0, 0.05) is 20.1 Å². The van der Waals surface area contributed by atoms with Gasteiger partial charge in [0.05, 0.1) is 17.5 Å². The van der Waals surface area contributed by atoms with Crippen molar-refractivity contribution in [2.75, 3.05) is 13.6 Å². The van der Waals surface area contributed by atoms with E-state index < -0.39 is 5.60 Å². The van der Waals surface area contributed by atoms with E-state index in [0.29, 0.717) is 12.2 Å². The minimum absolute atomic E-state index is 0.0968. The number of nitrogens with two attached hydrogens (primary N) is 1. The molecule has 0 unspecified atom stereocenters. The third kappa shape index (κ3) is 4.49. The Balaban J connectivity index is 2.54. The Morgan fingerprint density at radius 1 is 1.65 bits per heavy atom. The van der Waals surface area contributed by atoms with Crippen LogP contribution in [-0.4, -0.2) is 50.1 Å². The van der Waals surface area contributed by atoms with Gasteiger partial charge in [-0.2, -0.15) is 0 Å². The van der Waals surface area contributed by atoms with Crippen LogP contribution in [0.3, 0.4) is 0 Å². The Kier molecular flexibility index (Phi) is 4.19. The van der Waals surface area contributed by atoms with Crippen LogP contribution in [-0.2, 0) is 17.9 Å². The molecule has 0 radical (unpaired) electrons. The van der Waals surface area contributed by atoms with Gasteiger partial charge in [-0.1, -0.05) is 5.21 Å². The third-order valence-corrected chi connectivity index (χ3v) is 2.14. The first-order valence-electron chi connectivity index (χ1n) is 5.37. The summed E-state index contributed by atoms with van der Waals surface area (Å²) in [6, 6.07) is 0. The molecule has 0 fully saturated rings. The molecule has 1 aromatic heterocycles. The van der Waals surface area contributed by atoms with Gasteiger partial charge in [-0.25, -0.2) is 4.68 Å². The van der Waals surface area contributed by atoms with Crippen molar-refractivity contribution in [3.63, 3.8) is 0 Å². The van der Waals surface area contributed by atoms with Gasteiger partial charge < -0.3 is 15.7 Å². The standard InChI is InChI=1S/C10H19N5O2/c1-10(2,17)7-14(3)9(16)6-15-5-8(4-11)12-13-15/h5,17H,4,6-7,11H2,1-3H3. The predicted molar refractivity (Wildman–Crippen MR) is 61.8 cm³/mol. The Labute approximate surface area is 100 Å². The fourth-order valence-corrected chi connectivity index (χ4v) is 1.44. The van der Waals surface area contributed by atoms with Crippen LogP contribution >= 0.6 is 0 Å². The molecule has 7 nitrogen and oxygen atoms in total. The van der Waals surface area contributed by atoms with E-state index in [4.69, 9.17) is 5.73 Å². The van der Waals surface area contributed by atoms with Crippen LogP contribution in [0.2, 0.25) is 0 Å². The summed E-state index contributed by atoms with van der Waals surface area (Å²) in [4.78, 5) is 13.2. The van der Waals surface area contributed by atoms with Crippen LogP contribution in [0.4, 0.5) is 0 Å². The molecule has 17 heavy (non-hydrogen) atoms. The van der Waals surface area contributed by atoms with Gasteiger partial charge in [0.15, 0.2) is 0 Å². The predicted octanol–water partition coefficient (Wildman–Crippen LogP) is -1.03. The van der Waals surface area contributed by atoms with E-state index >= 15 is 0 Å². The molecule has 7 heteroatoms. The van der Waals surface area contributed by atoms with E-state index in [2.05, 4.69) is 10.3 Å². The smallest absolute Gasteiger partial charge is 0.244 e. The Morgan fingerprint density at radius 2 is 2.29 bits per heavy atom. The molecule has 0 aromatic carbocycles. The molecule has 1 heterocycles. The maximum Gasteiger partial charge on any atom is 0.244 e. The van der Waals surface area contributed by atoms with Gasteiger partial charge in [0.1, 0.15) is 6.54 Å². The number of carbonyl (C=O) groups is 1. The Hall–Kier alpha value is -1.47. The van der Waals surface area contributed by atoms with Crippen LogP contribution in [0.1, 0.15) is 19.5 Å². The first-order valence-corrected chi connectivity index (χ1v) is 5.37. The van der Waals surface area contributed by atoms with Crippen molar-refractivity contribution >= 4 is 5.91 Å². The van der Waals surface area contributed by atoms with Crippen LogP contribution in [0.25, 0.3) is 0 Å². The summed E-state index contributed by atoms with van der Waals surface area (Å²) in [6.07, 6.45) is 1.63. The van der Waals surface area contributed by atoms with Gasteiger partial charge in [0.25, 0.3) is 0 Å². The highest BCUT2D eigenvalue weighted by Crippen LogP contribution is 2.04. The van der Waals surface area contributed by atoms with Crippen molar-refractivity contribution in [2.24, 2.45) is 5.73 Å². The van der Waals surface area contributed by atoms with Crippen LogP contribution in [0.5, 0.6) is 0 Å². The van der Waals surface area contributed by atoms with E-state index in [-0.39, 0.29) is 19.0 Å². The lowest BCUT2D eigenvalue weighted by Crippen LogP contribution is -2.41. The van der Waals surface area contributed by atoms with E-state index in [9.17, 15) is 9.90 Å². The topological polar surface area (TPSA) is 97.3 Å². The lowest BCUT2D eigenvalue weighted by atomic mass is 10.1. The number of rotatable bonds is 5. The molecule has 0 aliphatic carbocycles. The van der Waals surface area contributed by atoms with Crippen LogP contribution in [0, 0.1) is 0 Å². The second kappa shape index (κ2) is 5.24. The molecule has 0 aliphatic rings. The molecule has 0 aliphatic heterocycles. The number of carbonyl (C=O) groups excluding carboxylic acids is 1. The summed E-state index contributed by atoms with van der Waals surface area (Å²) < 4.78 is 1.44.